The smallest absolute Gasteiger partial charge is 0.0619 e. The number of halogens is 2. The Morgan fingerprint density at radius 3 is 1.67 bits per heavy atom. The van der Waals surface area contributed by atoms with Gasteiger partial charge in [0.15, 0.2) is 14.3 Å². The van der Waals surface area contributed by atoms with E-state index in [0.717, 1.165) is 0 Å². The van der Waals surface area contributed by atoms with Crippen molar-refractivity contribution < 1.29 is 0 Å². The lowest BCUT2D eigenvalue weighted by Gasteiger charge is -1.92. The summed E-state index contributed by atoms with van der Waals surface area (Å²) in [4.78, 5) is 1.40. The fraction of sp³-hybridized carbons (Fsp3) is 0. The Balaban J connectivity index is 2.22. The van der Waals surface area contributed by atoms with Crippen LogP contribution in [0.5, 0.6) is 0 Å². The van der Waals surface area contributed by atoms with Crippen LogP contribution in [0.4, 0.5) is 0 Å². The maximum atomic E-state index is 2.40. The minimum Gasteiger partial charge on any atom is -0.0619 e. The molecule has 0 aliphatic carbocycles. The van der Waals surface area contributed by atoms with Crippen LogP contribution >= 0.6 is 55.7 Å². The molecule has 0 radical (unpaired) electrons. The maximum absolute atomic E-state index is 2.40. The van der Waals surface area contributed by atoms with Gasteiger partial charge in [0.25, 0.3) is 0 Å². The fourth-order valence-electron chi connectivity index (χ4n) is 2.71. The average Bonchev–Trinajstić information content (AvgIpc) is 2.81. The van der Waals surface area contributed by atoms with E-state index >= 15 is 0 Å². The van der Waals surface area contributed by atoms with E-state index in [1.165, 1.54) is 32.2 Å². The van der Waals surface area contributed by atoms with E-state index in [1.807, 2.05) is 0 Å². The molecule has 0 N–H and O–H groups in total. The molecule has 0 unspecified atom stereocenters. The van der Waals surface area contributed by atoms with Gasteiger partial charge in [-0.25, -0.2) is 0 Å². The van der Waals surface area contributed by atoms with E-state index in [0.29, 0.717) is 0 Å². The Labute approximate surface area is 153 Å². The topological polar surface area (TPSA) is 0 Å². The first-order chi connectivity index (χ1) is 10.2. The molecule has 0 fully saturated rings. The summed E-state index contributed by atoms with van der Waals surface area (Å²) in [7, 11) is 0.0362. The van der Waals surface area contributed by atoms with Gasteiger partial charge >= 0.3 is 0 Å². The molecule has 0 atom stereocenters. The number of benzene rings is 3. The van der Waals surface area contributed by atoms with Gasteiger partial charge in [0.2, 0.25) is 0 Å². The molecule has 3 heteroatoms. The van der Waals surface area contributed by atoms with Crippen LogP contribution in [0.25, 0.3) is 25.1 Å². The highest BCUT2D eigenvalue weighted by Gasteiger charge is 2.23. The highest BCUT2D eigenvalue weighted by Crippen LogP contribution is 2.48. The summed E-state index contributed by atoms with van der Waals surface area (Å²) in [5, 5.41) is 2.81. The van der Waals surface area contributed by atoms with Crippen LogP contribution in [0.1, 0.15) is 0 Å². The minimum atomic E-state index is 0.0362. The second-order valence-electron chi connectivity index (χ2n) is 4.90. The Morgan fingerprint density at radius 2 is 1.14 bits per heavy atom. The van der Waals surface area contributed by atoms with Crippen molar-refractivity contribution in [3.63, 3.8) is 0 Å². The first kappa shape index (κ1) is 14.0. The molecule has 0 aliphatic heterocycles. The lowest BCUT2D eigenvalue weighted by atomic mass is 10.2. The van der Waals surface area contributed by atoms with E-state index in [1.54, 1.807) is 0 Å². The van der Waals surface area contributed by atoms with Crippen LogP contribution in [0.15, 0.2) is 66.7 Å². The maximum Gasteiger partial charge on any atom is 0.187 e. The van der Waals surface area contributed by atoms with E-state index in [2.05, 4.69) is 112 Å². The van der Waals surface area contributed by atoms with Crippen molar-refractivity contribution >= 4 is 75.8 Å². The van der Waals surface area contributed by atoms with Gasteiger partial charge in [0.05, 0.1) is 0 Å². The molecule has 0 saturated carbocycles. The van der Waals surface area contributed by atoms with Crippen molar-refractivity contribution in [3.8, 4) is 4.90 Å². The monoisotopic (exact) mass is 513 g/mol. The zero-order valence-electron chi connectivity index (χ0n) is 11.0. The predicted molar refractivity (Wildman–Crippen MR) is 111 cm³/mol. The van der Waals surface area contributed by atoms with Crippen LogP contribution < -0.4 is 0 Å². The highest BCUT2D eigenvalue weighted by molar-refractivity contribution is 14.1. The van der Waals surface area contributed by atoms with E-state index < -0.39 is 0 Å². The van der Waals surface area contributed by atoms with E-state index in [-0.39, 0.29) is 10.5 Å². The number of thiophene rings is 1. The van der Waals surface area contributed by atoms with Crippen LogP contribution in [-0.4, -0.2) is 0 Å². The van der Waals surface area contributed by atoms with Crippen LogP contribution in [0.3, 0.4) is 0 Å². The van der Waals surface area contributed by atoms with Gasteiger partial charge in [-0.1, -0.05) is 18.2 Å². The molecule has 102 valence electrons. The fourth-order valence-corrected chi connectivity index (χ4v) is 6.05. The van der Waals surface area contributed by atoms with Crippen molar-refractivity contribution in [2.45, 2.75) is 0 Å². The molecule has 1 heterocycles. The molecule has 0 aliphatic rings. The van der Waals surface area contributed by atoms with Gasteiger partial charge in [-0.15, -0.1) is 0 Å². The van der Waals surface area contributed by atoms with Gasteiger partial charge in [0, 0.05) is 28.4 Å². The Bertz CT molecular complexity index is 896. The number of rotatable bonds is 1. The standard InChI is InChI=1S/C18H11I2S/c19-12-6-8-17-15(10-12)16-11-13(20)7-9-18(16)21(17)14-4-2-1-3-5-14/h1-11H/q+1. The van der Waals surface area contributed by atoms with Gasteiger partial charge in [-0.3, -0.25) is 0 Å². The van der Waals surface area contributed by atoms with Crippen molar-refractivity contribution in [1.29, 1.82) is 0 Å². The van der Waals surface area contributed by atoms with E-state index in [4.69, 9.17) is 0 Å². The molecule has 3 aromatic carbocycles. The second-order valence-corrected chi connectivity index (χ2v) is 9.35. The largest absolute Gasteiger partial charge is 0.187 e. The van der Waals surface area contributed by atoms with Gasteiger partial charge in [0.1, 0.15) is 0 Å². The molecule has 0 nitrogen and oxygen atoms in total. The Morgan fingerprint density at radius 1 is 0.619 bits per heavy atom. The molecule has 0 saturated heterocycles. The summed E-state index contributed by atoms with van der Waals surface area (Å²) < 4.78 is 5.52. The molecule has 0 bridgehead atoms. The molecular formula is C18H11I2S+. The third-order valence-corrected chi connectivity index (χ3v) is 7.27. The first-order valence-electron chi connectivity index (χ1n) is 6.63. The lowest BCUT2D eigenvalue weighted by molar-refractivity contribution is 1.74. The zero-order valence-corrected chi connectivity index (χ0v) is 16.1. The lowest BCUT2D eigenvalue weighted by Crippen LogP contribution is -1.71. The van der Waals surface area contributed by atoms with Crippen molar-refractivity contribution in [1.82, 2.24) is 0 Å². The highest BCUT2D eigenvalue weighted by atomic mass is 127. The summed E-state index contributed by atoms with van der Waals surface area (Å²) in [6.45, 7) is 0. The molecule has 0 spiro atoms. The second kappa shape index (κ2) is 5.52. The molecule has 1 aromatic heterocycles. The SMILES string of the molecule is Ic1ccc2c(c1)c1cc(I)ccc1[s+]2-c1ccccc1. The molecule has 4 rings (SSSR count). The zero-order chi connectivity index (χ0) is 14.4. The number of fused-ring (bicyclic) bond motifs is 3. The predicted octanol–water partition coefficient (Wildman–Crippen LogP) is 6.94. The van der Waals surface area contributed by atoms with Crippen molar-refractivity contribution in [3.05, 3.63) is 73.9 Å². The molecule has 21 heavy (non-hydrogen) atoms. The molecule has 4 aromatic rings. The van der Waals surface area contributed by atoms with Gasteiger partial charge < -0.3 is 0 Å². The summed E-state index contributed by atoms with van der Waals surface area (Å²) in [5.74, 6) is 0. The number of hydrogen-bond acceptors (Lipinski definition) is 0. The number of hydrogen-bond donors (Lipinski definition) is 0. The summed E-state index contributed by atoms with van der Waals surface area (Å²) in [5.41, 5.74) is 0. The quantitative estimate of drug-likeness (QED) is 0.191. The average molecular weight is 513 g/mol. The first-order valence-corrected chi connectivity index (χ1v) is 10.0. The van der Waals surface area contributed by atoms with Gasteiger partial charge in [-0.2, -0.15) is 0 Å². The summed E-state index contributed by atoms with van der Waals surface area (Å²) >= 11 is 4.81. The van der Waals surface area contributed by atoms with E-state index in [9.17, 15) is 0 Å². The normalized spacial score (nSPS) is 11.3. The minimum absolute atomic E-state index is 0.0362. The summed E-state index contributed by atoms with van der Waals surface area (Å²) in [6.07, 6.45) is 0. The third kappa shape index (κ3) is 2.39. The van der Waals surface area contributed by atoms with Crippen molar-refractivity contribution in [2.24, 2.45) is 0 Å². The summed E-state index contributed by atoms with van der Waals surface area (Å²) in [6, 6.07) is 24.6. The van der Waals surface area contributed by atoms with Gasteiger partial charge in [-0.05, 0) is 93.7 Å². The van der Waals surface area contributed by atoms with Crippen LogP contribution in [0.2, 0.25) is 0 Å². The third-order valence-electron chi connectivity index (χ3n) is 3.59. The Hall–Kier alpha value is -0.660. The van der Waals surface area contributed by atoms with Crippen molar-refractivity contribution in [2.75, 3.05) is 0 Å². The Kier molecular flexibility index (Phi) is 3.67. The molecule has 0 amide bonds. The van der Waals surface area contributed by atoms with Crippen LogP contribution in [0, 0.1) is 7.14 Å². The molecular weight excluding hydrogens is 502 g/mol. The van der Waals surface area contributed by atoms with Crippen LogP contribution in [-0.2, 0) is 0 Å².